The first-order valence-electron chi connectivity index (χ1n) is 10.8. The molecule has 0 bridgehead atoms. The zero-order chi connectivity index (χ0) is 25.7. The number of hydrogen-bond acceptors (Lipinski definition) is 7. The Kier molecular flexibility index (Phi) is 11.1. The molecule has 35 heavy (non-hydrogen) atoms. The topological polar surface area (TPSA) is 133 Å². The standard InChI is InChI=1S/C19H21NO4.C7H8O3S/c20-17(19(22)24-14-16-9-5-2-6-10-16)11-12-18(21)23-13-15-7-3-1-4-8-15;1-6-2-4-7(5-3-6)11(8,9)10/h1-10,17H,11-14,20H2;2-5H,1H3,(H,8,9,10)/t17-;/m1./s1/i11+1,12+1,17+1,18+1,19+1,20+1;. The van der Waals surface area contributed by atoms with Crippen LogP contribution in [0.3, 0.4) is 0 Å². The molecule has 0 spiro atoms. The summed E-state index contributed by atoms with van der Waals surface area (Å²) in [7, 11) is -4.02. The van der Waals surface area contributed by atoms with Crippen molar-refractivity contribution in [1.29, 1.82) is 0 Å². The molecule has 0 saturated carbocycles. The molecule has 186 valence electrons. The monoisotopic (exact) mass is 505 g/mol. The van der Waals surface area contributed by atoms with E-state index in [-0.39, 0.29) is 36.9 Å². The number of carbonyl (C=O) groups excluding carboxylic acids is 2. The summed E-state index contributed by atoms with van der Waals surface area (Å²) in [6, 6.07) is 23.9. The molecule has 0 amide bonds. The molecular weight excluding hydrogens is 476 g/mol. The molecule has 0 aromatic heterocycles. The molecule has 3 aromatic rings. The van der Waals surface area contributed by atoms with Crippen molar-refractivity contribution in [2.45, 2.75) is 43.9 Å². The Morgan fingerprint density at radius 3 is 1.80 bits per heavy atom. The minimum atomic E-state index is -4.02. The third-order valence-corrected chi connectivity index (χ3v) is 5.62. The smallest absolute Gasteiger partial charge is 0.323 e. The summed E-state index contributed by atoms with van der Waals surface area (Å²) >= 11 is 0. The van der Waals surface area contributed by atoms with Gasteiger partial charge in [0.2, 0.25) is 0 Å². The van der Waals surface area contributed by atoms with Gasteiger partial charge in [-0.3, -0.25) is 14.1 Å². The lowest BCUT2D eigenvalue weighted by molar-refractivity contribution is -0.148. The van der Waals surface area contributed by atoms with Crippen LogP contribution in [0.2, 0.25) is 0 Å². The average molecular weight is 506 g/mol. The Morgan fingerprint density at radius 1 is 0.829 bits per heavy atom. The van der Waals surface area contributed by atoms with Crippen LogP contribution in [0.5, 0.6) is 0 Å². The highest BCUT2D eigenvalue weighted by molar-refractivity contribution is 7.85. The van der Waals surface area contributed by atoms with Gasteiger partial charge in [0.25, 0.3) is 10.1 Å². The second-order valence-corrected chi connectivity index (χ2v) is 9.09. The Morgan fingerprint density at radius 2 is 1.31 bits per heavy atom. The lowest BCUT2D eigenvalue weighted by atomic mass is 10.2. The van der Waals surface area contributed by atoms with E-state index in [1.54, 1.807) is 12.1 Å². The van der Waals surface area contributed by atoms with E-state index in [2.05, 4.69) is 0 Å². The summed E-state index contributed by atoms with van der Waals surface area (Å²) in [5.41, 5.74) is 8.51. The summed E-state index contributed by atoms with van der Waals surface area (Å²) in [5.74, 6) is -0.903. The van der Waals surface area contributed by atoms with Crippen molar-refractivity contribution in [3.8, 4) is 0 Å². The first-order valence-corrected chi connectivity index (χ1v) is 12.3. The number of nitrogens with two attached hydrogens (primary N) is 1. The summed E-state index contributed by atoms with van der Waals surface area (Å²) in [6.07, 6.45) is 0.273. The Bertz CT molecular complexity index is 1170. The van der Waals surface area contributed by atoms with Crippen molar-refractivity contribution in [2.24, 2.45) is 5.73 Å². The van der Waals surface area contributed by atoms with Gasteiger partial charge in [0.1, 0.15) is 19.3 Å². The van der Waals surface area contributed by atoms with E-state index < -0.39 is 22.1 Å². The fourth-order valence-corrected chi connectivity index (χ4v) is 3.23. The number of benzene rings is 3. The van der Waals surface area contributed by atoms with Crippen LogP contribution >= 0.6 is 0 Å². The van der Waals surface area contributed by atoms with Crippen LogP contribution < -0.4 is 5.73 Å². The van der Waals surface area contributed by atoms with Gasteiger partial charge < -0.3 is 15.2 Å². The normalized spacial score (nSPS) is 11.5. The molecule has 0 radical (unpaired) electrons. The number of rotatable bonds is 9. The maximum atomic E-state index is 11.8. The third kappa shape index (κ3) is 11.0. The second-order valence-electron chi connectivity index (χ2n) is 7.67. The van der Waals surface area contributed by atoms with Crippen LogP contribution in [0.15, 0.2) is 89.8 Å². The van der Waals surface area contributed by atoms with Crippen LogP contribution in [0, 0.1) is 6.92 Å². The Labute approximate surface area is 205 Å². The van der Waals surface area contributed by atoms with Gasteiger partial charge in [0.15, 0.2) is 0 Å². The summed E-state index contributed by atoms with van der Waals surface area (Å²) < 4.78 is 39.8. The van der Waals surface area contributed by atoms with Gasteiger partial charge in [-0.05, 0) is 36.6 Å². The number of ether oxygens (including phenoxy) is 2. The van der Waals surface area contributed by atoms with Gasteiger partial charge in [-0.15, -0.1) is 0 Å². The number of aryl methyl sites for hydroxylation is 1. The van der Waals surface area contributed by atoms with Gasteiger partial charge in [-0.1, -0.05) is 78.4 Å². The molecule has 0 saturated heterocycles. The predicted octanol–water partition coefficient (Wildman–Crippen LogP) is 3.82. The highest BCUT2D eigenvalue weighted by Gasteiger charge is 2.17. The lowest BCUT2D eigenvalue weighted by Gasteiger charge is -2.11. The molecule has 8 nitrogen and oxygen atoms in total. The van der Waals surface area contributed by atoms with Crippen molar-refractivity contribution < 1.29 is 32.0 Å². The van der Waals surface area contributed by atoms with Crippen LogP contribution in [-0.2, 0) is 42.4 Å². The van der Waals surface area contributed by atoms with E-state index in [0.29, 0.717) is 0 Å². The number of carbonyl (C=O) groups is 2. The molecule has 3 rings (SSSR count). The number of hydrogen-bond donors (Lipinski definition) is 2. The van der Waals surface area contributed by atoms with E-state index in [9.17, 15) is 18.0 Å². The molecule has 0 aliphatic carbocycles. The van der Waals surface area contributed by atoms with E-state index in [1.807, 2.05) is 67.6 Å². The van der Waals surface area contributed by atoms with Crippen LogP contribution in [-0.4, -0.2) is 31.0 Å². The van der Waals surface area contributed by atoms with Gasteiger partial charge in [-0.25, -0.2) is 0 Å². The lowest BCUT2D eigenvalue weighted by Crippen LogP contribution is -2.32. The Balaban J connectivity index is 0.000000328. The predicted molar refractivity (Wildman–Crippen MR) is 131 cm³/mol. The maximum Gasteiger partial charge on any atom is 0.323 e. The highest BCUT2D eigenvalue weighted by Crippen LogP contribution is 2.09. The molecule has 0 heterocycles. The van der Waals surface area contributed by atoms with Crippen LogP contribution in [0.4, 0.5) is 0 Å². The van der Waals surface area contributed by atoms with E-state index in [1.165, 1.54) is 12.1 Å². The van der Waals surface area contributed by atoms with E-state index >= 15 is 0 Å². The minimum Gasteiger partial charge on any atom is -0.461 e. The molecule has 0 aliphatic rings. The molecule has 0 unspecified atom stereocenters. The van der Waals surface area contributed by atoms with Gasteiger partial charge in [0.05, 0.1) is 4.90 Å². The second kappa shape index (κ2) is 14.0. The minimum absolute atomic E-state index is 0.0666. The zero-order valence-electron chi connectivity index (χ0n) is 19.4. The zero-order valence-corrected chi connectivity index (χ0v) is 20.2. The summed E-state index contributed by atoms with van der Waals surface area (Å²) in [6.45, 7) is 2.23. The third-order valence-electron chi connectivity index (χ3n) is 4.75. The molecule has 9 heteroatoms. The van der Waals surface area contributed by atoms with Gasteiger partial charge in [-0.2, -0.15) is 8.42 Å². The van der Waals surface area contributed by atoms with Crippen molar-refractivity contribution >= 4 is 22.1 Å². The van der Waals surface area contributed by atoms with Crippen LogP contribution in [0.1, 0.15) is 29.5 Å². The quantitative estimate of drug-likeness (QED) is 0.194. The molecular formula is C26H29NO7S. The van der Waals surface area contributed by atoms with Crippen LogP contribution in [0.25, 0.3) is 0 Å². The molecule has 3 N–H and O–H groups in total. The first kappa shape index (κ1) is 27.7. The molecule has 0 fully saturated rings. The number of esters is 2. The maximum absolute atomic E-state index is 11.8. The van der Waals surface area contributed by atoms with E-state index in [0.717, 1.165) is 16.7 Å². The molecule has 3 aromatic carbocycles. The van der Waals surface area contributed by atoms with Gasteiger partial charge >= 0.3 is 11.9 Å². The Hall–Kier alpha value is -3.53. The van der Waals surface area contributed by atoms with E-state index in [4.69, 9.17) is 19.8 Å². The average Bonchev–Trinajstić information content (AvgIpc) is 2.86. The van der Waals surface area contributed by atoms with Crippen molar-refractivity contribution in [2.75, 3.05) is 0 Å². The van der Waals surface area contributed by atoms with Crippen molar-refractivity contribution in [1.82, 2.24) is 0 Å². The fourth-order valence-electron chi connectivity index (χ4n) is 2.75. The molecule has 1 atom stereocenters. The molecule has 0 aliphatic heterocycles. The first-order chi connectivity index (χ1) is 16.6. The fraction of sp³-hybridized carbons (Fsp3) is 0.231. The van der Waals surface area contributed by atoms with Crippen molar-refractivity contribution in [3.05, 3.63) is 102 Å². The largest absolute Gasteiger partial charge is 0.461 e. The van der Waals surface area contributed by atoms with Crippen molar-refractivity contribution in [3.63, 3.8) is 0 Å². The highest BCUT2D eigenvalue weighted by atomic mass is 32.2. The van der Waals surface area contributed by atoms with Gasteiger partial charge in [0, 0.05) is 6.42 Å². The SMILES string of the molecule is Cc1ccc(S(=O)(=O)O)cc1.[15NH2][13C@H]([13CH2][13CH2][13C](=O)OCc1ccccc1)[13C](=O)OCc1ccccc1. The summed E-state index contributed by atoms with van der Waals surface area (Å²) in [4.78, 5) is 23.4. The summed E-state index contributed by atoms with van der Waals surface area (Å²) in [5, 5.41) is 0.